The number of Topliss-reactive ketones (excluding diaryl/α,β-unsaturated/α-hetero) is 1. The van der Waals surface area contributed by atoms with Crippen molar-refractivity contribution in [1.82, 2.24) is 29.7 Å². The molecule has 10 heteroatoms. The fraction of sp³-hybridized carbons (Fsp3) is 0.361. The molecule has 4 heterocycles. The van der Waals surface area contributed by atoms with Gasteiger partial charge in [-0.25, -0.2) is 4.98 Å². The third-order valence-corrected chi connectivity index (χ3v) is 7.80. The average Bonchev–Trinajstić information content (AvgIpc) is 3.52. The average molecular weight is 624 g/mol. The second-order valence-electron chi connectivity index (χ2n) is 11.3. The molecule has 10 nitrogen and oxygen atoms in total. The van der Waals surface area contributed by atoms with Crippen LogP contribution in [0.5, 0.6) is 0 Å². The molecule has 46 heavy (non-hydrogen) atoms. The molecule has 0 aliphatic carbocycles. The molecule has 6 rings (SSSR count). The van der Waals surface area contributed by atoms with Crippen molar-refractivity contribution in [3.8, 4) is 16.8 Å². The van der Waals surface area contributed by atoms with E-state index in [4.69, 9.17) is 0 Å². The minimum atomic E-state index is -0.231. The molecule has 2 aliphatic rings. The fourth-order valence-electron chi connectivity index (χ4n) is 5.49. The van der Waals surface area contributed by atoms with E-state index >= 15 is 0 Å². The van der Waals surface area contributed by atoms with Gasteiger partial charge in [0.15, 0.2) is 5.78 Å². The molecular weight excluding hydrogens is 578 g/mol. The van der Waals surface area contributed by atoms with Crippen LogP contribution < -0.4 is 10.6 Å². The number of rotatable bonds is 9. The number of carbonyl (C=O) groups excluding carboxylic acids is 3. The maximum absolute atomic E-state index is 13.2. The molecule has 1 atom stereocenters. The molecule has 4 aromatic rings. The molecule has 2 aliphatic heterocycles. The fourth-order valence-corrected chi connectivity index (χ4v) is 5.49. The van der Waals surface area contributed by atoms with Crippen LogP contribution >= 0.6 is 0 Å². The summed E-state index contributed by atoms with van der Waals surface area (Å²) in [6.07, 6.45) is 8.68. The van der Waals surface area contributed by atoms with E-state index in [1.54, 1.807) is 11.1 Å². The Morgan fingerprint density at radius 1 is 1.00 bits per heavy atom. The molecule has 0 radical (unpaired) electrons. The quantitative estimate of drug-likeness (QED) is 0.257. The van der Waals surface area contributed by atoms with Crippen LogP contribution in [0.25, 0.3) is 16.8 Å². The summed E-state index contributed by atoms with van der Waals surface area (Å²) in [5.74, 6) is -0.00207. The lowest BCUT2D eigenvalue weighted by Gasteiger charge is -2.32. The normalized spacial score (nSPS) is 16.3. The number of ketones is 1. The number of pyridine rings is 1. The van der Waals surface area contributed by atoms with Gasteiger partial charge in [-0.1, -0.05) is 44.2 Å². The van der Waals surface area contributed by atoms with Crippen LogP contribution in [0.1, 0.15) is 48.4 Å². The lowest BCUT2D eigenvalue weighted by atomic mass is 10.0. The zero-order chi connectivity index (χ0) is 32.9. The predicted molar refractivity (Wildman–Crippen MR) is 182 cm³/mol. The number of likely N-dealkylation sites (tertiary alicyclic amines) is 2. The van der Waals surface area contributed by atoms with Gasteiger partial charge in [-0.2, -0.15) is 0 Å². The Morgan fingerprint density at radius 3 is 2.46 bits per heavy atom. The number of aryl methyl sites for hydroxylation is 1. The van der Waals surface area contributed by atoms with Crippen molar-refractivity contribution in [2.45, 2.75) is 46.2 Å². The molecule has 2 N–H and O–H groups in total. The summed E-state index contributed by atoms with van der Waals surface area (Å²) in [5, 5.41) is 6.50. The molecule has 2 saturated heterocycles. The Morgan fingerprint density at radius 2 is 1.78 bits per heavy atom. The number of amides is 1. The number of piperidine rings is 1. The zero-order valence-corrected chi connectivity index (χ0v) is 27.3. The second-order valence-corrected chi connectivity index (χ2v) is 11.3. The van der Waals surface area contributed by atoms with Gasteiger partial charge in [0.2, 0.25) is 0 Å². The van der Waals surface area contributed by atoms with Crippen molar-refractivity contribution < 1.29 is 14.4 Å². The van der Waals surface area contributed by atoms with Crippen molar-refractivity contribution in [2.75, 3.05) is 45.1 Å². The molecule has 2 fully saturated rings. The highest BCUT2D eigenvalue weighted by atomic mass is 16.2. The Balaban J connectivity index is 0.000000415. The van der Waals surface area contributed by atoms with Crippen LogP contribution in [-0.4, -0.2) is 88.1 Å². The molecule has 2 aromatic carbocycles. The van der Waals surface area contributed by atoms with Crippen molar-refractivity contribution in [1.29, 1.82) is 0 Å². The highest BCUT2D eigenvalue weighted by Crippen LogP contribution is 2.23. The molecule has 2 aromatic heterocycles. The number of nitrogens with one attached hydrogen (secondary N) is 2. The van der Waals surface area contributed by atoms with E-state index in [9.17, 15) is 14.4 Å². The van der Waals surface area contributed by atoms with Gasteiger partial charge in [0, 0.05) is 42.9 Å². The number of hydrogen-bond acceptors (Lipinski definition) is 8. The molecule has 0 spiro atoms. The van der Waals surface area contributed by atoms with Crippen LogP contribution in [0.15, 0.2) is 79.4 Å². The van der Waals surface area contributed by atoms with Gasteiger partial charge in [-0.3, -0.25) is 24.4 Å². The van der Waals surface area contributed by atoms with E-state index in [1.807, 2.05) is 93.4 Å². The standard InChI is InChI=1S/C29H32N6O.C5H7NO2.C2H6/c1-21-17-35(20-32-21)27-14-22(18-34-12-6-9-25(19-34)30-2)13-26(16-27)33-29(36)28-15-24(10-11-31-28)23-7-4-3-5-8-23;7-2-1-6-3-5(8)4-6;1-2/h3-5,7-8,10-11,13-17,20,25,30H,6,9,12,18-19H2,1-2H3,(H,33,36);2H,1,3-4H2;1-2H3. The van der Waals surface area contributed by atoms with Gasteiger partial charge in [0.05, 0.1) is 31.7 Å². The van der Waals surface area contributed by atoms with E-state index in [0.29, 0.717) is 31.4 Å². The largest absolute Gasteiger partial charge is 0.321 e. The van der Waals surface area contributed by atoms with E-state index in [2.05, 4.69) is 37.6 Å². The van der Waals surface area contributed by atoms with Crippen molar-refractivity contribution in [3.63, 3.8) is 0 Å². The van der Waals surface area contributed by atoms with E-state index in [-0.39, 0.29) is 11.7 Å². The maximum atomic E-state index is 13.2. The molecule has 1 unspecified atom stereocenters. The number of likely N-dealkylation sites (N-methyl/N-ethyl adjacent to an activating group) is 1. The molecule has 0 saturated carbocycles. The summed E-state index contributed by atoms with van der Waals surface area (Å²) in [6.45, 7) is 10.2. The molecular formula is C36H45N7O3. The molecule has 1 amide bonds. The van der Waals surface area contributed by atoms with Gasteiger partial charge < -0.3 is 20.0 Å². The smallest absolute Gasteiger partial charge is 0.274 e. The Bertz CT molecular complexity index is 1580. The van der Waals surface area contributed by atoms with Gasteiger partial charge in [0.1, 0.15) is 12.0 Å². The van der Waals surface area contributed by atoms with Crippen LogP contribution in [0.3, 0.4) is 0 Å². The zero-order valence-electron chi connectivity index (χ0n) is 27.3. The van der Waals surface area contributed by atoms with Crippen LogP contribution in [0, 0.1) is 6.92 Å². The topological polar surface area (TPSA) is 112 Å². The minimum absolute atomic E-state index is 0.229. The first-order valence-corrected chi connectivity index (χ1v) is 15.9. The van der Waals surface area contributed by atoms with Gasteiger partial charge >= 0.3 is 0 Å². The number of aromatic nitrogens is 3. The van der Waals surface area contributed by atoms with Crippen LogP contribution in [0.2, 0.25) is 0 Å². The van der Waals surface area contributed by atoms with Gasteiger partial charge in [-0.15, -0.1) is 0 Å². The van der Waals surface area contributed by atoms with Crippen molar-refractivity contribution in [3.05, 3.63) is 96.3 Å². The summed E-state index contributed by atoms with van der Waals surface area (Å²) < 4.78 is 2.00. The monoisotopic (exact) mass is 623 g/mol. The van der Waals surface area contributed by atoms with Crippen LogP contribution in [-0.2, 0) is 16.1 Å². The first-order chi connectivity index (χ1) is 22.4. The van der Waals surface area contributed by atoms with Gasteiger partial charge in [-0.05, 0) is 80.4 Å². The maximum Gasteiger partial charge on any atom is 0.274 e. The number of carbonyl (C=O) groups is 3. The number of hydrogen-bond donors (Lipinski definition) is 2. The lowest BCUT2D eigenvalue weighted by molar-refractivity contribution is -0.129. The number of nitrogens with zero attached hydrogens (tertiary/aromatic N) is 5. The Hall–Kier alpha value is -4.51. The second kappa shape index (κ2) is 17.3. The highest BCUT2D eigenvalue weighted by molar-refractivity contribution is 6.03. The third kappa shape index (κ3) is 9.74. The van der Waals surface area contributed by atoms with E-state index in [1.165, 1.54) is 12.8 Å². The van der Waals surface area contributed by atoms with Crippen molar-refractivity contribution in [2.24, 2.45) is 0 Å². The summed E-state index contributed by atoms with van der Waals surface area (Å²) in [6, 6.07) is 20.5. The van der Waals surface area contributed by atoms with Crippen molar-refractivity contribution >= 4 is 23.7 Å². The van der Waals surface area contributed by atoms with E-state index < -0.39 is 0 Å². The molecule has 242 valence electrons. The first-order valence-electron chi connectivity index (χ1n) is 15.9. The lowest BCUT2D eigenvalue weighted by Crippen LogP contribution is -2.47. The molecule has 0 bridgehead atoms. The van der Waals surface area contributed by atoms with Gasteiger partial charge in [0.25, 0.3) is 5.91 Å². The SMILES string of the molecule is CC.CNC1CCCN(Cc2cc(NC(=O)c3cc(-c4ccccc4)ccn3)cc(-n3cnc(C)c3)c2)C1.O=CCN1CC(=O)C1. The summed E-state index contributed by atoms with van der Waals surface area (Å²) >= 11 is 0. The number of anilines is 1. The number of benzene rings is 2. The Kier molecular flexibility index (Phi) is 12.9. The minimum Gasteiger partial charge on any atom is -0.321 e. The van der Waals surface area contributed by atoms with E-state index in [0.717, 1.165) is 59.7 Å². The predicted octanol–water partition coefficient (Wildman–Crippen LogP) is 4.78. The number of imidazole rings is 1. The summed E-state index contributed by atoms with van der Waals surface area (Å²) in [5.41, 5.74) is 6.20. The first kappa shape index (κ1) is 34.4. The Labute approximate surface area is 271 Å². The third-order valence-electron chi connectivity index (χ3n) is 7.80. The number of aldehydes is 1. The summed E-state index contributed by atoms with van der Waals surface area (Å²) in [7, 11) is 2.03. The summed E-state index contributed by atoms with van der Waals surface area (Å²) in [4.78, 5) is 46.2. The van der Waals surface area contributed by atoms with Crippen LogP contribution in [0.4, 0.5) is 5.69 Å². The highest BCUT2D eigenvalue weighted by Gasteiger charge is 2.22.